The van der Waals surface area contributed by atoms with E-state index in [4.69, 9.17) is 10.8 Å². The molecule has 0 bridgehead atoms. The summed E-state index contributed by atoms with van der Waals surface area (Å²) in [7, 11) is 0. The van der Waals surface area contributed by atoms with E-state index in [2.05, 4.69) is 31.8 Å². The van der Waals surface area contributed by atoms with Crippen LogP contribution in [0.2, 0.25) is 0 Å². The van der Waals surface area contributed by atoms with Crippen LogP contribution in [-0.4, -0.2) is 31.6 Å². The minimum absolute atomic E-state index is 0.146. The second-order valence-corrected chi connectivity index (χ2v) is 3.17. The third kappa shape index (κ3) is 2.10. The Balaban J connectivity index is 2.25. The molecule has 4 N–H and O–H groups in total. The molecule has 0 fully saturated rings. The van der Waals surface area contributed by atoms with Crippen molar-refractivity contribution < 1.29 is 5.11 Å². The average Bonchev–Trinajstić information content (AvgIpc) is 2.69. The van der Waals surface area contributed by atoms with E-state index in [1.807, 2.05) is 0 Å². The van der Waals surface area contributed by atoms with E-state index < -0.39 is 0 Å². The van der Waals surface area contributed by atoms with E-state index in [-0.39, 0.29) is 6.61 Å². The molecule has 6 nitrogen and oxygen atoms in total. The monoisotopic (exact) mass is 217 g/mol. The van der Waals surface area contributed by atoms with E-state index in [9.17, 15) is 0 Å². The first-order valence-electron chi connectivity index (χ1n) is 4.87. The third-order valence-electron chi connectivity index (χ3n) is 1.98. The molecule has 0 unspecified atom stereocenters. The molecule has 0 aromatic carbocycles. The van der Waals surface area contributed by atoms with Crippen molar-refractivity contribution in [2.75, 3.05) is 12.3 Å². The van der Waals surface area contributed by atoms with Gasteiger partial charge in [0.1, 0.15) is 11.8 Å². The number of aliphatic hydroxyl groups excluding tert-OH is 1. The quantitative estimate of drug-likeness (QED) is 0.487. The molecular formula is C10H11N5O. The number of rotatable bonds is 2. The molecule has 2 heterocycles. The highest BCUT2D eigenvalue weighted by Crippen LogP contribution is 2.12. The number of aliphatic hydroxyl groups is 1. The summed E-state index contributed by atoms with van der Waals surface area (Å²) in [6, 6.07) is 0. The van der Waals surface area contributed by atoms with Gasteiger partial charge in [-0.3, -0.25) is 0 Å². The maximum Gasteiger partial charge on any atom is 0.185 e. The molecule has 0 aliphatic carbocycles. The molecule has 16 heavy (non-hydrogen) atoms. The minimum atomic E-state index is 0.146. The summed E-state index contributed by atoms with van der Waals surface area (Å²) in [4.78, 5) is 14.9. The Bertz CT molecular complexity index is 551. The Hall–Kier alpha value is -2.13. The van der Waals surface area contributed by atoms with Gasteiger partial charge in [0.25, 0.3) is 0 Å². The molecule has 2 aromatic rings. The van der Waals surface area contributed by atoms with Gasteiger partial charge in [0.05, 0.1) is 0 Å². The fourth-order valence-corrected chi connectivity index (χ4v) is 1.22. The van der Waals surface area contributed by atoms with Crippen molar-refractivity contribution in [2.45, 2.75) is 12.8 Å². The van der Waals surface area contributed by atoms with Crippen LogP contribution in [0.1, 0.15) is 18.7 Å². The van der Waals surface area contributed by atoms with Gasteiger partial charge >= 0.3 is 0 Å². The molecule has 0 atom stereocenters. The van der Waals surface area contributed by atoms with Crippen molar-refractivity contribution in [3.63, 3.8) is 0 Å². The molecule has 0 saturated carbocycles. The number of aromatic nitrogens is 4. The Morgan fingerprint density at radius 3 is 3.06 bits per heavy atom. The highest BCUT2D eigenvalue weighted by atomic mass is 16.2. The zero-order valence-corrected chi connectivity index (χ0v) is 8.56. The number of nitrogen functional groups attached to an aromatic ring is 1. The number of unbranched alkanes of at least 4 members (excludes halogenated alkanes) is 1. The van der Waals surface area contributed by atoms with E-state index in [0.717, 1.165) is 0 Å². The molecule has 2 rings (SSSR count). The van der Waals surface area contributed by atoms with Crippen LogP contribution in [0, 0.1) is 11.8 Å². The normalized spacial score (nSPS) is 10.1. The van der Waals surface area contributed by atoms with E-state index in [1.54, 1.807) is 0 Å². The second-order valence-electron chi connectivity index (χ2n) is 3.17. The fraction of sp³-hybridized carbons (Fsp3) is 0.300. The third-order valence-corrected chi connectivity index (χ3v) is 1.98. The number of fused-ring (bicyclic) bond motifs is 1. The summed E-state index contributed by atoms with van der Waals surface area (Å²) in [6.45, 7) is 0.146. The van der Waals surface area contributed by atoms with Gasteiger partial charge in [-0.25, -0.2) is 15.0 Å². The largest absolute Gasteiger partial charge is 0.396 e. The molecule has 82 valence electrons. The van der Waals surface area contributed by atoms with Crippen LogP contribution in [0.3, 0.4) is 0 Å². The summed E-state index contributed by atoms with van der Waals surface area (Å²) < 4.78 is 0. The maximum atomic E-state index is 8.59. The number of nitrogens with two attached hydrogens (primary N) is 1. The molecular weight excluding hydrogens is 206 g/mol. The van der Waals surface area contributed by atoms with Gasteiger partial charge in [0.15, 0.2) is 17.3 Å². The van der Waals surface area contributed by atoms with Crippen LogP contribution in [0.5, 0.6) is 0 Å². The van der Waals surface area contributed by atoms with Crippen molar-refractivity contribution in [2.24, 2.45) is 0 Å². The van der Waals surface area contributed by atoms with Gasteiger partial charge in [0.2, 0.25) is 0 Å². The van der Waals surface area contributed by atoms with Crippen molar-refractivity contribution in [3.8, 4) is 11.8 Å². The van der Waals surface area contributed by atoms with Crippen molar-refractivity contribution in [3.05, 3.63) is 12.2 Å². The first-order valence-corrected chi connectivity index (χ1v) is 4.87. The van der Waals surface area contributed by atoms with E-state index in [1.165, 1.54) is 6.33 Å². The van der Waals surface area contributed by atoms with E-state index >= 15 is 0 Å². The van der Waals surface area contributed by atoms with Crippen LogP contribution in [0.25, 0.3) is 11.2 Å². The predicted molar refractivity (Wildman–Crippen MR) is 59.3 cm³/mol. The lowest BCUT2D eigenvalue weighted by atomic mass is 10.3. The Morgan fingerprint density at radius 2 is 2.31 bits per heavy atom. The smallest absolute Gasteiger partial charge is 0.185 e. The standard InChI is InChI=1S/C10H11N5O/c11-9-8-10(13-6-12-9)15-7(14-8)4-2-1-3-5-16/h6,16H,1,3,5H2,(H3,11,12,13,14,15). The lowest BCUT2D eigenvalue weighted by Gasteiger charge is -1.89. The number of imidazole rings is 1. The fourth-order valence-electron chi connectivity index (χ4n) is 1.22. The lowest BCUT2D eigenvalue weighted by molar-refractivity contribution is 0.290. The predicted octanol–water partition coefficient (Wildman–Crippen LogP) is 0.0591. The summed E-state index contributed by atoms with van der Waals surface area (Å²) in [5.74, 6) is 6.61. The number of anilines is 1. The highest BCUT2D eigenvalue weighted by molar-refractivity contribution is 5.81. The topological polar surface area (TPSA) is 101 Å². The zero-order valence-electron chi connectivity index (χ0n) is 8.56. The van der Waals surface area contributed by atoms with Crippen LogP contribution < -0.4 is 5.73 Å². The first-order chi connectivity index (χ1) is 7.81. The van der Waals surface area contributed by atoms with Crippen LogP contribution >= 0.6 is 0 Å². The average molecular weight is 217 g/mol. The number of nitrogens with one attached hydrogen (secondary N) is 1. The number of H-pyrrole nitrogens is 1. The van der Waals surface area contributed by atoms with Gasteiger partial charge in [-0.15, -0.1) is 0 Å². The first kappa shape index (κ1) is 10.4. The summed E-state index contributed by atoms with van der Waals surface area (Å²) >= 11 is 0. The molecule has 0 saturated heterocycles. The molecule has 0 aliphatic rings. The summed E-state index contributed by atoms with van der Waals surface area (Å²) in [5.41, 5.74) is 6.76. The Kier molecular flexibility index (Phi) is 2.98. The molecule has 2 aromatic heterocycles. The minimum Gasteiger partial charge on any atom is -0.396 e. The van der Waals surface area contributed by atoms with Crippen molar-refractivity contribution >= 4 is 17.0 Å². The summed E-state index contributed by atoms with van der Waals surface area (Å²) in [5, 5.41) is 8.59. The van der Waals surface area contributed by atoms with Gasteiger partial charge in [-0.1, -0.05) is 5.92 Å². The van der Waals surface area contributed by atoms with Crippen LogP contribution in [0.15, 0.2) is 6.33 Å². The number of hydrogen-bond acceptors (Lipinski definition) is 5. The molecule has 0 aliphatic heterocycles. The number of hydrogen-bond donors (Lipinski definition) is 3. The molecule has 0 spiro atoms. The van der Waals surface area contributed by atoms with Crippen molar-refractivity contribution in [1.82, 2.24) is 19.9 Å². The Morgan fingerprint density at radius 1 is 1.44 bits per heavy atom. The Labute approximate surface area is 91.9 Å². The zero-order chi connectivity index (χ0) is 11.4. The maximum absolute atomic E-state index is 8.59. The second kappa shape index (κ2) is 4.59. The molecule has 0 radical (unpaired) electrons. The number of aromatic amines is 1. The molecule has 6 heteroatoms. The van der Waals surface area contributed by atoms with Crippen LogP contribution in [0.4, 0.5) is 5.82 Å². The number of nitrogens with zero attached hydrogens (tertiary/aromatic N) is 3. The molecule has 0 amide bonds. The van der Waals surface area contributed by atoms with Crippen LogP contribution in [-0.2, 0) is 0 Å². The van der Waals surface area contributed by atoms with Gasteiger partial charge in [-0.05, 0) is 12.3 Å². The van der Waals surface area contributed by atoms with Crippen molar-refractivity contribution in [1.29, 1.82) is 0 Å². The summed E-state index contributed by atoms with van der Waals surface area (Å²) in [6.07, 6.45) is 2.66. The highest BCUT2D eigenvalue weighted by Gasteiger charge is 2.04. The lowest BCUT2D eigenvalue weighted by Crippen LogP contribution is -1.91. The van der Waals surface area contributed by atoms with Gasteiger partial charge in [0, 0.05) is 13.0 Å². The van der Waals surface area contributed by atoms with E-state index in [0.29, 0.717) is 35.6 Å². The van der Waals surface area contributed by atoms with Gasteiger partial charge in [-0.2, -0.15) is 0 Å². The van der Waals surface area contributed by atoms with Gasteiger partial charge < -0.3 is 15.8 Å². The SMILES string of the molecule is Nc1ncnc2nc(C#CCCCO)[nH]c12.